The topological polar surface area (TPSA) is 49.8 Å². The highest BCUT2D eigenvalue weighted by Crippen LogP contribution is 2.19. The van der Waals surface area contributed by atoms with E-state index in [1.807, 2.05) is 12.3 Å². The Hall–Kier alpha value is -2.10. The summed E-state index contributed by atoms with van der Waals surface area (Å²) >= 11 is 0. The van der Waals surface area contributed by atoms with Crippen LogP contribution in [-0.4, -0.2) is 16.5 Å². The van der Waals surface area contributed by atoms with Crippen LogP contribution in [0.25, 0.3) is 0 Å². The second-order valence-electron chi connectivity index (χ2n) is 6.10. The van der Waals surface area contributed by atoms with Gasteiger partial charge in [0.1, 0.15) is 11.6 Å². The number of nitrogens with one attached hydrogen (secondary N) is 2. The molecule has 4 heteroatoms. The lowest BCUT2D eigenvalue weighted by atomic mass is 9.96. The third-order valence-electron chi connectivity index (χ3n) is 3.13. The molecule has 0 fully saturated rings. The van der Waals surface area contributed by atoms with Crippen LogP contribution in [0.1, 0.15) is 39.1 Å². The highest BCUT2D eigenvalue weighted by Gasteiger charge is 2.17. The number of nitrogens with zero attached hydrogens (tertiary/aromatic N) is 2. The molecule has 0 aliphatic rings. The van der Waals surface area contributed by atoms with Gasteiger partial charge >= 0.3 is 0 Å². The van der Waals surface area contributed by atoms with E-state index < -0.39 is 0 Å². The lowest BCUT2D eigenvalue weighted by molar-refractivity contribution is 0.546. The Kier molecular flexibility index (Phi) is 4.78. The Morgan fingerprint density at radius 3 is 2.33 bits per heavy atom. The number of rotatable bonds is 5. The number of hydrogen-bond donors (Lipinski definition) is 2. The SMILES string of the molecule is CCNc1ccc(CNc2ccnc(C(C)(C)C)n2)cc1. The molecule has 1 aromatic heterocycles. The molecule has 2 N–H and O–H groups in total. The maximum atomic E-state index is 4.57. The molecule has 0 aliphatic carbocycles. The van der Waals surface area contributed by atoms with Gasteiger partial charge < -0.3 is 10.6 Å². The second kappa shape index (κ2) is 6.57. The molecule has 21 heavy (non-hydrogen) atoms. The van der Waals surface area contributed by atoms with Crippen molar-refractivity contribution >= 4 is 11.5 Å². The number of hydrogen-bond acceptors (Lipinski definition) is 4. The minimum Gasteiger partial charge on any atom is -0.385 e. The molecular weight excluding hydrogens is 260 g/mol. The molecule has 2 rings (SSSR count). The van der Waals surface area contributed by atoms with Crippen molar-refractivity contribution in [3.8, 4) is 0 Å². The highest BCUT2D eigenvalue weighted by molar-refractivity contribution is 5.45. The first-order valence-electron chi connectivity index (χ1n) is 7.39. The third kappa shape index (κ3) is 4.45. The van der Waals surface area contributed by atoms with Crippen LogP contribution in [0.2, 0.25) is 0 Å². The number of aromatic nitrogens is 2. The van der Waals surface area contributed by atoms with Gasteiger partial charge in [-0.05, 0) is 30.7 Å². The van der Waals surface area contributed by atoms with Gasteiger partial charge in [0.2, 0.25) is 0 Å². The largest absolute Gasteiger partial charge is 0.385 e. The summed E-state index contributed by atoms with van der Waals surface area (Å²) in [5.74, 6) is 1.72. The summed E-state index contributed by atoms with van der Waals surface area (Å²) < 4.78 is 0. The average molecular weight is 284 g/mol. The Morgan fingerprint density at radius 1 is 1.00 bits per heavy atom. The molecule has 4 nitrogen and oxygen atoms in total. The van der Waals surface area contributed by atoms with Crippen molar-refractivity contribution in [2.45, 2.75) is 39.7 Å². The van der Waals surface area contributed by atoms with Gasteiger partial charge in [-0.15, -0.1) is 0 Å². The van der Waals surface area contributed by atoms with Crippen molar-refractivity contribution < 1.29 is 0 Å². The number of benzene rings is 1. The first-order chi connectivity index (χ1) is 9.99. The van der Waals surface area contributed by atoms with Gasteiger partial charge in [-0.2, -0.15) is 0 Å². The molecule has 0 saturated heterocycles. The monoisotopic (exact) mass is 284 g/mol. The van der Waals surface area contributed by atoms with Crippen LogP contribution in [0.5, 0.6) is 0 Å². The number of anilines is 2. The zero-order valence-corrected chi connectivity index (χ0v) is 13.3. The van der Waals surface area contributed by atoms with Crippen molar-refractivity contribution in [1.82, 2.24) is 9.97 Å². The van der Waals surface area contributed by atoms with Crippen LogP contribution in [0, 0.1) is 0 Å². The van der Waals surface area contributed by atoms with Crippen LogP contribution >= 0.6 is 0 Å². The fourth-order valence-electron chi connectivity index (χ4n) is 1.96. The van der Waals surface area contributed by atoms with Gasteiger partial charge in [-0.3, -0.25) is 0 Å². The maximum Gasteiger partial charge on any atom is 0.135 e. The summed E-state index contributed by atoms with van der Waals surface area (Å²) in [5, 5.41) is 6.64. The van der Waals surface area contributed by atoms with Crippen LogP contribution in [-0.2, 0) is 12.0 Å². The molecule has 1 heterocycles. The molecule has 2 aromatic rings. The lowest BCUT2D eigenvalue weighted by Crippen LogP contribution is -2.16. The molecule has 0 amide bonds. The molecule has 112 valence electrons. The third-order valence-corrected chi connectivity index (χ3v) is 3.13. The predicted octanol–water partition coefficient (Wildman–Crippen LogP) is 3.82. The molecule has 0 bridgehead atoms. The molecule has 0 saturated carbocycles. The van der Waals surface area contributed by atoms with Gasteiger partial charge in [-0.25, -0.2) is 9.97 Å². The Labute approximate surface area is 127 Å². The smallest absolute Gasteiger partial charge is 0.135 e. The van der Waals surface area contributed by atoms with E-state index >= 15 is 0 Å². The van der Waals surface area contributed by atoms with E-state index in [0.29, 0.717) is 0 Å². The first kappa shape index (κ1) is 15.3. The molecule has 1 aromatic carbocycles. The van der Waals surface area contributed by atoms with Gasteiger partial charge in [0.05, 0.1) is 0 Å². The predicted molar refractivity (Wildman–Crippen MR) is 88.7 cm³/mol. The van der Waals surface area contributed by atoms with Crippen LogP contribution in [0.15, 0.2) is 36.5 Å². The maximum absolute atomic E-state index is 4.57. The average Bonchev–Trinajstić information content (AvgIpc) is 2.46. The minimum atomic E-state index is -0.0365. The Morgan fingerprint density at radius 2 is 1.71 bits per heavy atom. The van der Waals surface area contributed by atoms with E-state index in [4.69, 9.17) is 0 Å². The van der Waals surface area contributed by atoms with Crippen molar-refractivity contribution in [2.24, 2.45) is 0 Å². The summed E-state index contributed by atoms with van der Waals surface area (Å²) in [4.78, 5) is 8.91. The van der Waals surface area contributed by atoms with Crippen LogP contribution in [0.4, 0.5) is 11.5 Å². The Bertz CT molecular complexity index is 570. The normalized spacial score (nSPS) is 11.2. The second-order valence-corrected chi connectivity index (χ2v) is 6.10. The summed E-state index contributed by atoms with van der Waals surface area (Å²) in [6, 6.07) is 10.3. The van der Waals surface area contributed by atoms with Gasteiger partial charge in [0, 0.05) is 30.4 Å². The first-order valence-corrected chi connectivity index (χ1v) is 7.39. The zero-order valence-electron chi connectivity index (χ0n) is 13.3. The van der Waals surface area contributed by atoms with E-state index in [1.54, 1.807) is 0 Å². The molecule has 0 unspecified atom stereocenters. The molecular formula is C17H24N4. The summed E-state index contributed by atoms with van der Waals surface area (Å²) in [5.41, 5.74) is 2.34. The van der Waals surface area contributed by atoms with E-state index in [1.165, 1.54) is 5.56 Å². The minimum absolute atomic E-state index is 0.0365. The van der Waals surface area contributed by atoms with E-state index in [9.17, 15) is 0 Å². The fourth-order valence-corrected chi connectivity index (χ4v) is 1.96. The van der Waals surface area contributed by atoms with Gasteiger partial charge in [-0.1, -0.05) is 32.9 Å². The summed E-state index contributed by atoms with van der Waals surface area (Å²) in [6.07, 6.45) is 1.81. The van der Waals surface area contributed by atoms with Gasteiger partial charge in [0.15, 0.2) is 0 Å². The molecule has 0 aliphatic heterocycles. The fraction of sp³-hybridized carbons (Fsp3) is 0.412. The van der Waals surface area contributed by atoms with Gasteiger partial charge in [0.25, 0.3) is 0 Å². The quantitative estimate of drug-likeness (QED) is 0.876. The van der Waals surface area contributed by atoms with E-state index in [-0.39, 0.29) is 5.41 Å². The molecule has 0 spiro atoms. The van der Waals surface area contributed by atoms with Crippen molar-refractivity contribution in [2.75, 3.05) is 17.2 Å². The standard InChI is InChI=1S/C17H24N4/c1-5-18-14-8-6-13(7-9-14)12-20-15-10-11-19-16(21-15)17(2,3)4/h6-11,18H,5,12H2,1-4H3,(H,19,20,21). The Balaban J connectivity index is 1.99. The van der Waals surface area contributed by atoms with Crippen LogP contribution < -0.4 is 10.6 Å². The molecule has 0 radical (unpaired) electrons. The summed E-state index contributed by atoms with van der Waals surface area (Å²) in [7, 11) is 0. The van der Waals surface area contributed by atoms with Crippen molar-refractivity contribution in [1.29, 1.82) is 0 Å². The van der Waals surface area contributed by atoms with E-state index in [0.717, 1.165) is 30.4 Å². The van der Waals surface area contributed by atoms with E-state index in [2.05, 4.69) is 72.6 Å². The summed E-state index contributed by atoms with van der Waals surface area (Å²) in [6.45, 7) is 10.1. The van der Waals surface area contributed by atoms with Crippen molar-refractivity contribution in [3.63, 3.8) is 0 Å². The molecule has 0 atom stereocenters. The van der Waals surface area contributed by atoms with Crippen molar-refractivity contribution in [3.05, 3.63) is 47.9 Å². The zero-order chi connectivity index (χ0) is 15.3. The highest BCUT2D eigenvalue weighted by atomic mass is 15.0. The van der Waals surface area contributed by atoms with Crippen LogP contribution in [0.3, 0.4) is 0 Å². The lowest BCUT2D eigenvalue weighted by Gasteiger charge is -2.17.